The van der Waals surface area contributed by atoms with Crippen molar-refractivity contribution in [2.24, 2.45) is 5.92 Å². The minimum atomic E-state index is -0.380. The molecule has 3 heterocycles. The molecule has 8 heteroatoms. The summed E-state index contributed by atoms with van der Waals surface area (Å²) in [6.07, 6.45) is 2.07. The minimum absolute atomic E-state index is 0.137. The van der Waals surface area contributed by atoms with E-state index in [0.717, 1.165) is 5.56 Å². The van der Waals surface area contributed by atoms with E-state index in [1.807, 2.05) is 11.0 Å². The monoisotopic (exact) mass is 435 g/mol. The number of fused-ring (bicyclic) bond motifs is 1. The fraction of sp³-hybridized carbons (Fsp3) is 0.333. The number of pyridine rings is 1. The van der Waals surface area contributed by atoms with Crippen LogP contribution in [0.15, 0.2) is 36.5 Å². The molecule has 1 aromatic carbocycles. The van der Waals surface area contributed by atoms with Gasteiger partial charge in [-0.25, -0.2) is 19.3 Å². The van der Waals surface area contributed by atoms with Crippen LogP contribution >= 0.6 is 0 Å². The van der Waals surface area contributed by atoms with Crippen molar-refractivity contribution < 1.29 is 13.9 Å². The second-order valence-corrected chi connectivity index (χ2v) is 8.35. The van der Waals surface area contributed by atoms with Gasteiger partial charge in [-0.15, -0.1) is 0 Å². The van der Waals surface area contributed by atoms with Crippen molar-refractivity contribution in [3.8, 4) is 17.0 Å². The molecule has 32 heavy (non-hydrogen) atoms. The molecule has 0 saturated carbocycles. The number of ether oxygens (including phenoxy) is 1. The number of hydrogen-bond donors (Lipinski definition) is 1. The quantitative estimate of drug-likeness (QED) is 0.652. The fourth-order valence-electron chi connectivity index (χ4n) is 4.35. The van der Waals surface area contributed by atoms with Gasteiger partial charge in [0.1, 0.15) is 5.82 Å². The Labute approximate surface area is 186 Å². The van der Waals surface area contributed by atoms with E-state index in [2.05, 4.69) is 28.8 Å². The summed E-state index contributed by atoms with van der Waals surface area (Å²) in [5.41, 5.74) is 9.65. The minimum Gasteiger partial charge on any atom is -0.481 e. The van der Waals surface area contributed by atoms with Crippen LogP contribution in [0.5, 0.6) is 5.88 Å². The summed E-state index contributed by atoms with van der Waals surface area (Å²) < 4.78 is 19.8. The summed E-state index contributed by atoms with van der Waals surface area (Å²) in [5, 5.41) is 0. The average Bonchev–Trinajstić information content (AvgIpc) is 2.74. The standard InChI is InChI=1S/C24H26FN5O2/c1-13(2)12-30-20(11-19-21(23(30)31)14(3)28-24(26)29-19)16-8-7-15(25)10-18(16)17-6-5-9-27-22(17)32-4/h5-10,13,20H,11-12H2,1-4H3,(H2,26,28,29)/t20-/m1/s1. The van der Waals surface area contributed by atoms with Crippen molar-refractivity contribution in [2.45, 2.75) is 33.2 Å². The number of halogens is 1. The largest absolute Gasteiger partial charge is 0.481 e. The van der Waals surface area contributed by atoms with Crippen molar-refractivity contribution in [3.05, 3.63) is 64.9 Å². The van der Waals surface area contributed by atoms with Gasteiger partial charge in [0.15, 0.2) is 0 Å². The van der Waals surface area contributed by atoms with Gasteiger partial charge < -0.3 is 15.4 Å². The van der Waals surface area contributed by atoms with Crippen LogP contribution in [0, 0.1) is 18.7 Å². The average molecular weight is 436 g/mol. The first-order valence-corrected chi connectivity index (χ1v) is 10.5. The number of benzene rings is 1. The molecule has 0 aliphatic carbocycles. The summed E-state index contributed by atoms with van der Waals surface area (Å²) in [6, 6.07) is 7.85. The summed E-state index contributed by atoms with van der Waals surface area (Å²) in [7, 11) is 1.53. The highest BCUT2D eigenvalue weighted by atomic mass is 19.1. The van der Waals surface area contributed by atoms with Gasteiger partial charge in [-0.2, -0.15) is 0 Å². The highest BCUT2D eigenvalue weighted by Crippen LogP contribution is 2.40. The third-order valence-electron chi connectivity index (χ3n) is 5.61. The molecule has 1 atom stereocenters. The maximum Gasteiger partial charge on any atom is 0.258 e. The molecular weight excluding hydrogens is 409 g/mol. The smallest absolute Gasteiger partial charge is 0.258 e. The lowest BCUT2D eigenvalue weighted by Gasteiger charge is -2.38. The summed E-state index contributed by atoms with van der Waals surface area (Å²) in [5.74, 6) is 0.235. The molecule has 2 aromatic heterocycles. The highest BCUT2D eigenvalue weighted by Gasteiger charge is 2.37. The van der Waals surface area contributed by atoms with Crippen LogP contribution in [0.25, 0.3) is 11.1 Å². The van der Waals surface area contributed by atoms with E-state index in [9.17, 15) is 9.18 Å². The predicted octanol–water partition coefficient (Wildman–Crippen LogP) is 3.97. The third-order valence-corrected chi connectivity index (χ3v) is 5.61. The van der Waals surface area contributed by atoms with Gasteiger partial charge in [0.25, 0.3) is 5.91 Å². The number of aryl methyl sites for hydroxylation is 1. The van der Waals surface area contributed by atoms with E-state index < -0.39 is 0 Å². The molecule has 0 unspecified atom stereocenters. The number of carbonyl (C=O) groups is 1. The van der Waals surface area contributed by atoms with Gasteiger partial charge in [0.05, 0.1) is 30.1 Å². The highest BCUT2D eigenvalue weighted by molar-refractivity contribution is 5.98. The lowest BCUT2D eigenvalue weighted by molar-refractivity contribution is 0.0615. The van der Waals surface area contributed by atoms with E-state index in [1.165, 1.54) is 19.2 Å². The zero-order valence-electron chi connectivity index (χ0n) is 18.6. The first-order chi connectivity index (χ1) is 15.3. The Morgan fingerprint density at radius 2 is 2.03 bits per heavy atom. The number of nitrogens with two attached hydrogens (primary N) is 1. The van der Waals surface area contributed by atoms with Crippen LogP contribution in [0.3, 0.4) is 0 Å². The second kappa shape index (κ2) is 8.53. The van der Waals surface area contributed by atoms with Crippen LogP contribution in [-0.2, 0) is 6.42 Å². The maximum absolute atomic E-state index is 14.4. The Balaban J connectivity index is 1.92. The number of carbonyl (C=O) groups excluding carboxylic acids is 1. The molecule has 166 valence electrons. The molecule has 0 radical (unpaired) electrons. The van der Waals surface area contributed by atoms with Crippen LogP contribution in [0.2, 0.25) is 0 Å². The number of nitrogen functional groups attached to an aromatic ring is 1. The van der Waals surface area contributed by atoms with Crippen molar-refractivity contribution in [1.29, 1.82) is 0 Å². The molecule has 0 spiro atoms. The SMILES string of the molecule is COc1ncccc1-c1cc(F)ccc1[C@H]1Cc2nc(N)nc(C)c2C(=O)N1CC(C)C. The molecule has 7 nitrogen and oxygen atoms in total. The van der Waals surface area contributed by atoms with Crippen LogP contribution in [0.1, 0.15) is 47.2 Å². The van der Waals surface area contributed by atoms with Crippen molar-refractivity contribution >= 4 is 11.9 Å². The first kappa shape index (κ1) is 21.7. The number of anilines is 1. The lowest BCUT2D eigenvalue weighted by Crippen LogP contribution is -2.43. The number of methoxy groups -OCH3 is 1. The van der Waals surface area contributed by atoms with E-state index in [0.29, 0.717) is 46.9 Å². The number of rotatable bonds is 5. The summed E-state index contributed by atoms with van der Waals surface area (Å²) >= 11 is 0. The molecule has 1 aliphatic rings. The molecule has 3 aromatic rings. The summed E-state index contributed by atoms with van der Waals surface area (Å²) in [4.78, 5) is 28.3. The Bertz CT molecular complexity index is 1180. The van der Waals surface area contributed by atoms with E-state index in [4.69, 9.17) is 10.5 Å². The molecule has 0 bridgehead atoms. The van der Waals surface area contributed by atoms with E-state index in [1.54, 1.807) is 25.3 Å². The molecule has 4 rings (SSSR count). The van der Waals surface area contributed by atoms with Crippen LogP contribution in [-0.4, -0.2) is 39.4 Å². The topological polar surface area (TPSA) is 94.2 Å². The van der Waals surface area contributed by atoms with Gasteiger partial charge in [-0.3, -0.25) is 4.79 Å². The Morgan fingerprint density at radius 1 is 1.25 bits per heavy atom. The molecule has 1 amide bonds. The second-order valence-electron chi connectivity index (χ2n) is 8.35. The molecule has 2 N–H and O–H groups in total. The van der Waals surface area contributed by atoms with E-state index >= 15 is 0 Å². The van der Waals surface area contributed by atoms with Gasteiger partial charge in [-0.1, -0.05) is 19.9 Å². The molecular formula is C24H26FN5O2. The maximum atomic E-state index is 14.4. The fourth-order valence-corrected chi connectivity index (χ4v) is 4.35. The van der Waals surface area contributed by atoms with Gasteiger partial charge in [0, 0.05) is 24.7 Å². The number of hydrogen-bond acceptors (Lipinski definition) is 6. The molecule has 0 saturated heterocycles. The Hall–Kier alpha value is -3.55. The number of nitrogens with zero attached hydrogens (tertiary/aromatic N) is 4. The Morgan fingerprint density at radius 3 is 2.75 bits per heavy atom. The summed E-state index contributed by atoms with van der Waals surface area (Å²) in [6.45, 7) is 6.42. The molecule has 1 aliphatic heterocycles. The zero-order chi connectivity index (χ0) is 23.0. The zero-order valence-corrected chi connectivity index (χ0v) is 18.6. The first-order valence-electron chi connectivity index (χ1n) is 10.5. The number of amides is 1. The number of aromatic nitrogens is 3. The van der Waals surface area contributed by atoms with Gasteiger partial charge in [0.2, 0.25) is 11.8 Å². The van der Waals surface area contributed by atoms with Crippen LogP contribution in [0.4, 0.5) is 10.3 Å². The van der Waals surface area contributed by atoms with Crippen LogP contribution < -0.4 is 10.5 Å². The normalized spacial score (nSPS) is 15.8. The Kier molecular flexibility index (Phi) is 5.78. The molecule has 0 fully saturated rings. The van der Waals surface area contributed by atoms with Gasteiger partial charge in [-0.05, 0) is 48.2 Å². The van der Waals surface area contributed by atoms with Crippen molar-refractivity contribution in [2.75, 3.05) is 19.4 Å². The van der Waals surface area contributed by atoms with E-state index in [-0.39, 0.29) is 29.6 Å². The lowest BCUT2D eigenvalue weighted by atomic mass is 9.87. The predicted molar refractivity (Wildman–Crippen MR) is 120 cm³/mol. The van der Waals surface area contributed by atoms with Crippen molar-refractivity contribution in [1.82, 2.24) is 19.9 Å². The third kappa shape index (κ3) is 3.88. The van der Waals surface area contributed by atoms with Crippen molar-refractivity contribution in [3.63, 3.8) is 0 Å². The van der Waals surface area contributed by atoms with Gasteiger partial charge >= 0.3 is 0 Å².